The summed E-state index contributed by atoms with van der Waals surface area (Å²) >= 11 is 12.2. The van der Waals surface area contributed by atoms with E-state index in [1.165, 1.54) is 0 Å². The number of carbonyl (C=O) groups is 1. The largest absolute Gasteiger partial charge is 0.347 e. The highest BCUT2D eigenvalue weighted by Gasteiger charge is 2.41. The molecular weight excluding hydrogens is 403 g/mol. The van der Waals surface area contributed by atoms with Crippen LogP contribution in [0.1, 0.15) is 24.1 Å². The molecule has 1 N–H and O–H groups in total. The summed E-state index contributed by atoms with van der Waals surface area (Å²) in [6.45, 7) is 6.21. The summed E-state index contributed by atoms with van der Waals surface area (Å²) in [5.41, 5.74) is 2.45. The number of halogens is 2. The third-order valence-corrected chi connectivity index (χ3v) is 6.10. The standard InChI is InChI=1S/C19H22Cl2N4O3/c1-12-13(2)23-25(14-3-4-15(20)16(21)11-14)17(12)22-18(26)24-7-5-19(6-8-24)27-9-10-28-19/h3-4,11H,5-10H2,1-2H3,(H,22,26). The predicted molar refractivity (Wildman–Crippen MR) is 108 cm³/mol. The highest BCUT2D eigenvalue weighted by atomic mass is 35.5. The molecule has 9 heteroatoms. The molecule has 0 unspecified atom stereocenters. The van der Waals surface area contributed by atoms with Crippen molar-refractivity contribution in [2.75, 3.05) is 31.6 Å². The number of hydrogen-bond donors (Lipinski definition) is 1. The van der Waals surface area contributed by atoms with Crippen LogP contribution in [0.4, 0.5) is 10.6 Å². The Labute approximate surface area is 173 Å². The van der Waals surface area contributed by atoms with E-state index >= 15 is 0 Å². The van der Waals surface area contributed by atoms with Gasteiger partial charge in [0.15, 0.2) is 5.79 Å². The molecule has 2 aliphatic rings. The van der Waals surface area contributed by atoms with Gasteiger partial charge in [0.05, 0.1) is 34.6 Å². The number of nitrogens with zero attached hydrogens (tertiary/aromatic N) is 3. The lowest BCUT2D eigenvalue weighted by Crippen LogP contribution is -2.48. The van der Waals surface area contributed by atoms with Crippen LogP contribution in [0.5, 0.6) is 0 Å². The van der Waals surface area contributed by atoms with Gasteiger partial charge in [-0.1, -0.05) is 23.2 Å². The van der Waals surface area contributed by atoms with Crippen LogP contribution in [-0.2, 0) is 9.47 Å². The van der Waals surface area contributed by atoms with Crippen molar-refractivity contribution >= 4 is 35.1 Å². The number of urea groups is 1. The Morgan fingerprint density at radius 3 is 2.46 bits per heavy atom. The molecule has 2 amide bonds. The number of benzene rings is 1. The number of amides is 2. The van der Waals surface area contributed by atoms with Crippen LogP contribution in [0.3, 0.4) is 0 Å². The van der Waals surface area contributed by atoms with Crippen LogP contribution in [0.25, 0.3) is 5.69 Å². The van der Waals surface area contributed by atoms with Crippen molar-refractivity contribution in [3.8, 4) is 5.69 Å². The van der Waals surface area contributed by atoms with Gasteiger partial charge in [0.2, 0.25) is 0 Å². The van der Waals surface area contributed by atoms with Gasteiger partial charge in [-0.3, -0.25) is 5.32 Å². The zero-order valence-corrected chi connectivity index (χ0v) is 17.3. The number of aryl methyl sites for hydroxylation is 1. The van der Waals surface area contributed by atoms with Crippen LogP contribution in [0, 0.1) is 13.8 Å². The number of ether oxygens (including phenoxy) is 2. The van der Waals surface area contributed by atoms with E-state index in [1.807, 2.05) is 19.9 Å². The average molecular weight is 425 g/mol. The molecule has 3 heterocycles. The van der Waals surface area contributed by atoms with Gasteiger partial charge in [-0.15, -0.1) is 0 Å². The number of hydrogen-bond acceptors (Lipinski definition) is 4. The average Bonchev–Trinajstić information content (AvgIpc) is 3.24. The minimum atomic E-state index is -0.509. The SMILES string of the molecule is Cc1nn(-c2ccc(Cl)c(Cl)c2)c(NC(=O)N2CCC3(CC2)OCCO3)c1C. The van der Waals surface area contributed by atoms with Crippen molar-refractivity contribution in [3.05, 3.63) is 39.5 Å². The Hall–Kier alpha value is -1.80. The van der Waals surface area contributed by atoms with Crippen molar-refractivity contribution in [2.24, 2.45) is 0 Å². The molecule has 4 rings (SSSR count). The van der Waals surface area contributed by atoms with Gasteiger partial charge in [0.25, 0.3) is 0 Å². The molecule has 0 saturated carbocycles. The summed E-state index contributed by atoms with van der Waals surface area (Å²) in [7, 11) is 0. The summed E-state index contributed by atoms with van der Waals surface area (Å²) in [5, 5.41) is 8.46. The number of rotatable bonds is 2. The minimum absolute atomic E-state index is 0.169. The smallest absolute Gasteiger partial charge is 0.323 e. The van der Waals surface area contributed by atoms with Crippen LogP contribution in [-0.4, -0.2) is 52.8 Å². The van der Waals surface area contributed by atoms with E-state index in [0.717, 1.165) is 16.9 Å². The minimum Gasteiger partial charge on any atom is -0.347 e. The van der Waals surface area contributed by atoms with Gasteiger partial charge in [-0.2, -0.15) is 5.10 Å². The second-order valence-corrected chi connectivity index (χ2v) is 7.91. The molecule has 1 aromatic heterocycles. The Kier molecular flexibility index (Phi) is 5.26. The van der Waals surface area contributed by atoms with Gasteiger partial charge in [0, 0.05) is 31.5 Å². The second-order valence-electron chi connectivity index (χ2n) is 7.09. The molecule has 28 heavy (non-hydrogen) atoms. The number of carbonyl (C=O) groups excluding carboxylic acids is 1. The zero-order valence-electron chi connectivity index (χ0n) is 15.8. The Morgan fingerprint density at radius 2 is 1.82 bits per heavy atom. The third kappa shape index (κ3) is 3.59. The lowest BCUT2D eigenvalue weighted by atomic mass is 10.0. The van der Waals surface area contributed by atoms with E-state index in [-0.39, 0.29) is 6.03 Å². The quantitative estimate of drug-likeness (QED) is 0.785. The maximum atomic E-state index is 12.9. The van der Waals surface area contributed by atoms with Crippen LogP contribution >= 0.6 is 23.2 Å². The van der Waals surface area contributed by atoms with Gasteiger partial charge in [-0.25, -0.2) is 9.48 Å². The highest BCUT2D eigenvalue weighted by Crippen LogP contribution is 2.32. The molecule has 1 spiro atoms. The summed E-state index contributed by atoms with van der Waals surface area (Å²) < 4.78 is 13.1. The predicted octanol–water partition coefficient (Wildman–Crippen LogP) is 4.17. The topological polar surface area (TPSA) is 68.6 Å². The molecule has 0 bridgehead atoms. The number of anilines is 1. The van der Waals surface area contributed by atoms with E-state index in [9.17, 15) is 4.79 Å². The lowest BCUT2D eigenvalue weighted by Gasteiger charge is -2.37. The molecule has 1 aromatic carbocycles. The normalized spacial score (nSPS) is 18.6. The first-order chi connectivity index (χ1) is 13.4. The molecule has 0 atom stereocenters. The fourth-order valence-corrected chi connectivity index (χ4v) is 3.86. The zero-order chi connectivity index (χ0) is 19.9. The Morgan fingerprint density at radius 1 is 1.14 bits per heavy atom. The summed E-state index contributed by atoms with van der Waals surface area (Å²) in [6, 6.07) is 5.08. The van der Waals surface area contributed by atoms with E-state index in [0.29, 0.717) is 55.0 Å². The van der Waals surface area contributed by atoms with Crippen molar-refractivity contribution in [2.45, 2.75) is 32.5 Å². The van der Waals surface area contributed by atoms with Crippen molar-refractivity contribution in [1.29, 1.82) is 0 Å². The first-order valence-electron chi connectivity index (χ1n) is 9.24. The molecule has 2 fully saturated rings. The van der Waals surface area contributed by atoms with Gasteiger partial charge >= 0.3 is 6.03 Å². The molecule has 150 valence electrons. The molecule has 0 aliphatic carbocycles. The number of piperidine rings is 1. The molecule has 7 nitrogen and oxygen atoms in total. The van der Waals surface area contributed by atoms with Crippen LogP contribution < -0.4 is 5.32 Å². The number of aromatic nitrogens is 2. The second kappa shape index (κ2) is 7.55. The Balaban J connectivity index is 1.53. The first kappa shape index (κ1) is 19.5. The molecule has 2 aromatic rings. The maximum absolute atomic E-state index is 12.9. The molecular formula is C19H22Cl2N4O3. The molecule has 0 radical (unpaired) electrons. The summed E-state index contributed by atoms with van der Waals surface area (Å²) in [6.07, 6.45) is 1.34. The number of likely N-dealkylation sites (tertiary alicyclic amines) is 1. The van der Waals surface area contributed by atoms with Gasteiger partial charge in [-0.05, 0) is 32.0 Å². The summed E-state index contributed by atoms with van der Waals surface area (Å²) in [5.74, 6) is 0.111. The molecule has 2 saturated heterocycles. The van der Waals surface area contributed by atoms with E-state index in [1.54, 1.807) is 21.7 Å². The molecule has 2 aliphatic heterocycles. The van der Waals surface area contributed by atoms with Gasteiger partial charge in [0.1, 0.15) is 5.82 Å². The van der Waals surface area contributed by atoms with Crippen molar-refractivity contribution < 1.29 is 14.3 Å². The van der Waals surface area contributed by atoms with Crippen molar-refractivity contribution in [3.63, 3.8) is 0 Å². The Bertz CT molecular complexity index is 899. The lowest BCUT2D eigenvalue weighted by molar-refractivity contribution is -0.181. The third-order valence-electron chi connectivity index (χ3n) is 5.36. The first-order valence-corrected chi connectivity index (χ1v) is 10.00. The van der Waals surface area contributed by atoms with E-state index in [4.69, 9.17) is 32.7 Å². The number of nitrogens with one attached hydrogen (secondary N) is 1. The van der Waals surface area contributed by atoms with E-state index < -0.39 is 5.79 Å². The van der Waals surface area contributed by atoms with Crippen LogP contribution in [0.2, 0.25) is 10.0 Å². The van der Waals surface area contributed by atoms with Gasteiger partial charge < -0.3 is 14.4 Å². The monoisotopic (exact) mass is 424 g/mol. The highest BCUT2D eigenvalue weighted by molar-refractivity contribution is 6.42. The summed E-state index contributed by atoms with van der Waals surface area (Å²) in [4.78, 5) is 14.7. The maximum Gasteiger partial charge on any atom is 0.323 e. The van der Waals surface area contributed by atoms with E-state index in [2.05, 4.69) is 10.4 Å². The fraction of sp³-hybridized carbons (Fsp3) is 0.474. The van der Waals surface area contributed by atoms with Crippen LogP contribution in [0.15, 0.2) is 18.2 Å². The fourth-order valence-electron chi connectivity index (χ4n) is 3.57. The van der Waals surface area contributed by atoms with Crippen molar-refractivity contribution in [1.82, 2.24) is 14.7 Å².